The maximum Gasteiger partial charge on any atom is 0.307 e. The van der Waals surface area contributed by atoms with Gasteiger partial charge in [-0.05, 0) is 25.9 Å². The Hall–Kier alpha value is -0.570. The zero-order valence-electron chi connectivity index (χ0n) is 9.71. The first kappa shape index (κ1) is 13.4. The van der Waals surface area contributed by atoms with Gasteiger partial charge in [-0.2, -0.15) is 0 Å². The van der Waals surface area contributed by atoms with Crippen molar-refractivity contribution >= 4 is 5.97 Å². The van der Waals surface area contributed by atoms with Gasteiger partial charge in [-0.15, -0.1) is 0 Å². The van der Waals surface area contributed by atoms with Gasteiger partial charge in [0, 0.05) is 6.54 Å². The molecule has 84 valence electrons. The predicted octanol–water partition coefficient (Wildman–Crippen LogP) is 2.06. The topological polar surface area (TPSA) is 29.5 Å². The Morgan fingerprint density at radius 1 is 1.14 bits per heavy atom. The van der Waals surface area contributed by atoms with Crippen molar-refractivity contribution in [3.63, 3.8) is 0 Å². The Morgan fingerprint density at radius 3 is 2.36 bits per heavy atom. The molecule has 0 aliphatic heterocycles. The second-order valence-corrected chi connectivity index (χ2v) is 3.40. The summed E-state index contributed by atoms with van der Waals surface area (Å²) in [5.74, 6) is -0.0681. The Kier molecular flexibility index (Phi) is 8.64. The molecule has 0 radical (unpaired) electrons. The zero-order chi connectivity index (χ0) is 10.8. The quantitative estimate of drug-likeness (QED) is 0.563. The van der Waals surface area contributed by atoms with E-state index >= 15 is 0 Å². The van der Waals surface area contributed by atoms with Crippen LogP contribution in [0.4, 0.5) is 0 Å². The predicted molar refractivity (Wildman–Crippen MR) is 58.3 cm³/mol. The van der Waals surface area contributed by atoms with Gasteiger partial charge in [0.15, 0.2) is 0 Å². The molecule has 0 aromatic heterocycles. The average molecular weight is 201 g/mol. The van der Waals surface area contributed by atoms with Crippen molar-refractivity contribution < 1.29 is 9.53 Å². The minimum Gasteiger partial charge on any atom is -0.466 e. The summed E-state index contributed by atoms with van der Waals surface area (Å²) in [5, 5.41) is 0. The van der Waals surface area contributed by atoms with Gasteiger partial charge in [0.1, 0.15) is 0 Å². The van der Waals surface area contributed by atoms with Gasteiger partial charge in [-0.25, -0.2) is 0 Å². The van der Waals surface area contributed by atoms with Crippen LogP contribution in [0.25, 0.3) is 0 Å². The Morgan fingerprint density at radius 2 is 1.86 bits per heavy atom. The third-order valence-electron chi connectivity index (χ3n) is 2.09. The summed E-state index contributed by atoms with van der Waals surface area (Å²) in [4.78, 5) is 13.4. The minimum atomic E-state index is -0.0681. The second kappa shape index (κ2) is 9.00. The molecule has 0 saturated carbocycles. The molecule has 0 heterocycles. The fourth-order valence-electron chi connectivity index (χ4n) is 1.28. The highest BCUT2D eigenvalue weighted by Crippen LogP contribution is 1.95. The molecule has 0 N–H and O–H groups in total. The molecule has 3 nitrogen and oxygen atoms in total. The van der Waals surface area contributed by atoms with E-state index in [9.17, 15) is 4.79 Å². The van der Waals surface area contributed by atoms with Gasteiger partial charge in [0.05, 0.1) is 13.0 Å². The van der Waals surface area contributed by atoms with E-state index in [1.807, 2.05) is 6.92 Å². The van der Waals surface area contributed by atoms with Gasteiger partial charge < -0.3 is 9.64 Å². The van der Waals surface area contributed by atoms with Crippen molar-refractivity contribution in [1.29, 1.82) is 0 Å². The number of nitrogens with zero attached hydrogens (tertiary/aromatic N) is 1. The summed E-state index contributed by atoms with van der Waals surface area (Å²) in [6.07, 6.45) is 2.56. The fraction of sp³-hybridized carbons (Fsp3) is 0.909. The summed E-state index contributed by atoms with van der Waals surface area (Å²) in [6, 6.07) is 0. The van der Waals surface area contributed by atoms with Crippen LogP contribution in [0.5, 0.6) is 0 Å². The Bertz CT molecular complexity index is 148. The van der Waals surface area contributed by atoms with E-state index < -0.39 is 0 Å². The summed E-state index contributed by atoms with van der Waals surface area (Å²) in [7, 11) is 0. The monoisotopic (exact) mass is 201 g/mol. The SMILES string of the molecule is CCCOC(=O)CCN(CC)CCC. The number of esters is 1. The average Bonchev–Trinajstić information content (AvgIpc) is 2.21. The maximum atomic E-state index is 11.2. The molecular formula is C11H23NO2. The van der Waals surface area contributed by atoms with E-state index in [-0.39, 0.29) is 5.97 Å². The molecule has 0 atom stereocenters. The maximum absolute atomic E-state index is 11.2. The highest BCUT2D eigenvalue weighted by molar-refractivity contribution is 5.69. The molecule has 3 heteroatoms. The van der Waals surface area contributed by atoms with E-state index in [0.29, 0.717) is 13.0 Å². The summed E-state index contributed by atoms with van der Waals surface area (Å²) >= 11 is 0. The molecule has 0 aromatic rings. The molecule has 0 aliphatic rings. The molecule has 0 spiro atoms. The summed E-state index contributed by atoms with van der Waals surface area (Å²) in [6.45, 7) is 9.73. The molecule has 0 aromatic carbocycles. The Balaban J connectivity index is 3.52. The number of rotatable bonds is 8. The van der Waals surface area contributed by atoms with Crippen LogP contribution < -0.4 is 0 Å². The number of ether oxygens (including phenoxy) is 1. The first-order chi connectivity index (χ1) is 6.74. The molecule has 14 heavy (non-hydrogen) atoms. The van der Waals surface area contributed by atoms with Gasteiger partial charge in [0.25, 0.3) is 0 Å². The van der Waals surface area contributed by atoms with Gasteiger partial charge in [-0.1, -0.05) is 20.8 Å². The molecule has 0 fully saturated rings. The number of carbonyl (C=O) groups excluding carboxylic acids is 1. The van der Waals surface area contributed by atoms with E-state index in [2.05, 4.69) is 18.7 Å². The highest BCUT2D eigenvalue weighted by atomic mass is 16.5. The van der Waals surface area contributed by atoms with Crippen molar-refractivity contribution in [3.05, 3.63) is 0 Å². The molecule has 0 rings (SSSR count). The highest BCUT2D eigenvalue weighted by Gasteiger charge is 2.06. The van der Waals surface area contributed by atoms with Crippen LogP contribution in [0.15, 0.2) is 0 Å². The van der Waals surface area contributed by atoms with Crippen molar-refractivity contribution in [2.75, 3.05) is 26.2 Å². The van der Waals surface area contributed by atoms with E-state index in [4.69, 9.17) is 4.74 Å². The third-order valence-corrected chi connectivity index (χ3v) is 2.09. The third kappa shape index (κ3) is 6.89. The second-order valence-electron chi connectivity index (χ2n) is 3.40. The van der Waals surface area contributed by atoms with Crippen LogP contribution in [0.2, 0.25) is 0 Å². The van der Waals surface area contributed by atoms with Crippen molar-refractivity contribution in [2.24, 2.45) is 0 Å². The van der Waals surface area contributed by atoms with Crippen molar-refractivity contribution in [2.45, 2.75) is 40.0 Å². The standard InChI is InChI=1S/C11H23NO2/c1-4-8-12(6-3)9-7-11(13)14-10-5-2/h4-10H2,1-3H3. The number of hydrogen-bond acceptors (Lipinski definition) is 3. The lowest BCUT2D eigenvalue weighted by molar-refractivity contribution is -0.144. The van der Waals surface area contributed by atoms with Crippen LogP contribution in [-0.4, -0.2) is 37.1 Å². The smallest absolute Gasteiger partial charge is 0.307 e. The summed E-state index contributed by atoms with van der Waals surface area (Å²) in [5.41, 5.74) is 0. The normalized spacial score (nSPS) is 10.6. The van der Waals surface area contributed by atoms with Crippen LogP contribution >= 0.6 is 0 Å². The van der Waals surface area contributed by atoms with E-state index in [1.165, 1.54) is 0 Å². The van der Waals surface area contributed by atoms with Crippen LogP contribution in [-0.2, 0) is 9.53 Å². The molecule has 0 bridgehead atoms. The molecular weight excluding hydrogens is 178 g/mol. The number of hydrogen-bond donors (Lipinski definition) is 0. The molecule has 0 aliphatic carbocycles. The van der Waals surface area contributed by atoms with Gasteiger partial charge in [-0.3, -0.25) is 4.79 Å². The van der Waals surface area contributed by atoms with Crippen LogP contribution in [0.3, 0.4) is 0 Å². The lowest BCUT2D eigenvalue weighted by Crippen LogP contribution is -2.27. The minimum absolute atomic E-state index is 0.0681. The lowest BCUT2D eigenvalue weighted by Gasteiger charge is -2.18. The Labute approximate surface area is 87.4 Å². The first-order valence-corrected chi connectivity index (χ1v) is 5.62. The first-order valence-electron chi connectivity index (χ1n) is 5.62. The fourth-order valence-corrected chi connectivity index (χ4v) is 1.28. The van der Waals surface area contributed by atoms with Crippen molar-refractivity contribution in [3.8, 4) is 0 Å². The van der Waals surface area contributed by atoms with E-state index in [1.54, 1.807) is 0 Å². The molecule has 0 saturated heterocycles. The largest absolute Gasteiger partial charge is 0.466 e. The molecule has 0 unspecified atom stereocenters. The zero-order valence-corrected chi connectivity index (χ0v) is 9.71. The number of carbonyl (C=O) groups is 1. The van der Waals surface area contributed by atoms with E-state index in [0.717, 1.165) is 32.5 Å². The lowest BCUT2D eigenvalue weighted by atomic mass is 10.3. The summed E-state index contributed by atoms with van der Waals surface area (Å²) < 4.78 is 5.00. The van der Waals surface area contributed by atoms with Crippen LogP contribution in [0.1, 0.15) is 40.0 Å². The van der Waals surface area contributed by atoms with Gasteiger partial charge in [0.2, 0.25) is 0 Å². The van der Waals surface area contributed by atoms with Crippen molar-refractivity contribution in [1.82, 2.24) is 4.90 Å². The van der Waals surface area contributed by atoms with Gasteiger partial charge >= 0.3 is 5.97 Å². The van der Waals surface area contributed by atoms with Crippen LogP contribution in [0, 0.1) is 0 Å². The molecule has 0 amide bonds.